The average Bonchev–Trinajstić information content (AvgIpc) is 4.07. The van der Waals surface area contributed by atoms with Crippen LogP contribution in [0.5, 0.6) is 0 Å². The van der Waals surface area contributed by atoms with Crippen LogP contribution in [-0.4, -0.2) is 68.7 Å². The van der Waals surface area contributed by atoms with Gasteiger partial charge < -0.3 is 24.2 Å². The maximum atomic E-state index is 13.8. The number of imidazole rings is 1. The molecule has 8 nitrogen and oxygen atoms in total. The zero-order valence-electron chi connectivity index (χ0n) is 41.0. The number of para-hydroxylation sites is 2. The van der Waals surface area contributed by atoms with E-state index in [1.165, 1.54) is 106 Å². The molecule has 0 unspecified atom stereocenters. The monoisotopic (exact) mass is 875 g/mol. The first-order valence-electron chi connectivity index (χ1n) is 26.0. The molecule has 6 saturated carbocycles. The van der Waals surface area contributed by atoms with Gasteiger partial charge >= 0.3 is 11.9 Å². The number of hydrogen-bond acceptors (Lipinski definition) is 6. The minimum atomic E-state index is -0.801. The number of esters is 1. The van der Waals surface area contributed by atoms with E-state index in [-0.39, 0.29) is 51.1 Å². The summed E-state index contributed by atoms with van der Waals surface area (Å²) >= 11 is 0. The first-order valence-corrected chi connectivity index (χ1v) is 26.0. The van der Waals surface area contributed by atoms with E-state index >= 15 is 0 Å². The molecule has 0 radical (unpaired) electrons. The van der Waals surface area contributed by atoms with E-state index in [0.29, 0.717) is 36.0 Å². The third-order valence-corrected chi connectivity index (χ3v) is 22.1. The summed E-state index contributed by atoms with van der Waals surface area (Å²) in [5, 5.41) is 9.75. The quantitative estimate of drug-likeness (QED) is 0.188. The lowest BCUT2D eigenvalue weighted by Crippen LogP contribution is -2.67. The number of carboxylic acids is 1. The fraction of sp³-hybridized carbons (Fsp3) is 0.768. The lowest BCUT2D eigenvalue weighted by Gasteiger charge is -2.73. The molecule has 0 spiro atoms. The normalized spacial score (nSPS) is 42.2. The van der Waals surface area contributed by atoms with Gasteiger partial charge in [-0.15, -0.1) is 0 Å². The van der Waals surface area contributed by atoms with E-state index in [9.17, 15) is 14.7 Å². The molecule has 1 aromatic carbocycles. The molecule has 3 heterocycles. The number of aliphatic carboxylic acids is 1. The summed E-state index contributed by atoms with van der Waals surface area (Å²) in [5.74, 6) is 2.24. The van der Waals surface area contributed by atoms with Gasteiger partial charge in [0.1, 0.15) is 11.9 Å². The molecule has 350 valence electrons. The number of carbonyl (C=O) groups is 2. The Bertz CT molecular complexity index is 2200. The molecule has 8 fully saturated rings. The lowest BCUT2D eigenvalue weighted by atomic mass is 9.32. The standard InChI is InChI=1S/C56H82N4O4/c1-35(2)37-21-26-56(36(3)59-31-15-18-43(59)48-57-41-16-11-12-17-42(41)60(48)33-32-58-29-13-14-30-58)28-27-54(9)38(47(37)56)19-20-45-53(8)24-23-46(52(6,7)44(53)22-25-55(45,54)10)64-50(63)40-34-39(49(61)62)51(40,4)5/h11-12,16-17,37-40,43-47H,1,3,13-15,18-34H2,2,4-10H3,(H,61,62)/t37-,38+,39-,40+,43-,44-,45+,46-,47+,53-,54+,55+,56+/m0/s1. The van der Waals surface area contributed by atoms with Crippen LogP contribution < -0.4 is 0 Å². The van der Waals surface area contributed by atoms with Crippen molar-refractivity contribution in [1.82, 2.24) is 19.4 Å². The van der Waals surface area contributed by atoms with E-state index in [1.807, 2.05) is 13.8 Å². The minimum absolute atomic E-state index is 0.0799. The molecule has 1 N–H and O–H groups in total. The van der Waals surface area contributed by atoms with Crippen LogP contribution in [0.4, 0.5) is 0 Å². The number of nitrogens with zero attached hydrogens (tertiary/aromatic N) is 4. The van der Waals surface area contributed by atoms with Crippen molar-refractivity contribution >= 4 is 23.0 Å². The summed E-state index contributed by atoms with van der Waals surface area (Å²) in [4.78, 5) is 36.6. The highest BCUT2D eigenvalue weighted by Gasteiger charge is 2.72. The molecule has 6 aliphatic carbocycles. The topological polar surface area (TPSA) is 87.9 Å². The van der Waals surface area contributed by atoms with Crippen molar-refractivity contribution in [1.29, 1.82) is 0 Å². The van der Waals surface area contributed by atoms with Gasteiger partial charge in [0, 0.05) is 36.2 Å². The van der Waals surface area contributed by atoms with Crippen molar-refractivity contribution in [2.75, 3.05) is 26.2 Å². The summed E-state index contributed by atoms with van der Waals surface area (Å²) < 4.78 is 9.11. The average molecular weight is 875 g/mol. The molecule has 1 aromatic heterocycles. The summed E-state index contributed by atoms with van der Waals surface area (Å²) in [6.45, 7) is 34.7. The Labute approximate surface area is 385 Å². The van der Waals surface area contributed by atoms with Crippen molar-refractivity contribution in [3.63, 3.8) is 0 Å². The third kappa shape index (κ3) is 6.30. The number of ether oxygens (including phenoxy) is 1. The Hall–Kier alpha value is -3.13. The van der Waals surface area contributed by atoms with Gasteiger partial charge in [-0.25, -0.2) is 4.98 Å². The molecular formula is C56H82N4O4. The number of hydrogen-bond donors (Lipinski definition) is 1. The van der Waals surface area contributed by atoms with Gasteiger partial charge in [0.25, 0.3) is 0 Å². The molecule has 2 saturated heterocycles. The third-order valence-electron chi connectivity index (χ3n) is 22.1. The van der Waals surface area contributed by atoms with E-state index in [2.05, 4.69) is 80.2 Å². The van der Waals surface area contributed by atoms with Crippen LogP contribution in [-0.2, 0) is 20.9 Å². The Morgan fingerprint density at radius 3 is 2.25 bits per heavy atom. The summed E-state index contributed by atoms with van der Waals surface area (Å²) in [5.41, 5.74) is 5.16. The smallest absolute Gasteiger partial charge is 0.309 e. The second-order valence-electron chi connectivity index (χ2n) is 25.1. The van der Waals surface area contributed by atoms with Gasteiger partial charge in [0.05, 0.1) is 28.9 Å². The zero-order valence-corrected chi connectivity index (χ0v) is 41.0. The second kappa shape index (κ2) is 15.5. The minimum Gasteiger partial charge on any atom is -0.481 e. The number of rotatable bonds is 10. The fourth-order valence-electron chi connectivity index (χ4n) is 18.3. The van der Waals surface area contributed by atoms with E-state index < -0.39 is 17.3 Å². The number of aromatic nitrogens is 2. The van der Waals surface area contributed by atoms with Crippen LogP contribution >= 0.6 is 0 Å². The first-order chi connectivity index (χ1) is 30.3. The fourth-order valence-corrected chi connectivity index (χ4v) is 18.3. The summed E-state index contributed by atoms with van der Waals surface area (Å²) in [7, 11) is 0. The molecule has 13 atom stereocenters. The van der Waals surface area contributed by atoms with E-state index in [0.717, 1.165) is 44.4 Å². The summed E-state index contributed by atoms with van der Waals surface area (Å²) in [6, 6.07) is 9.10. The highest BCUT2D eigenvalue weighted by molar-refractivity contribution is 5.81. The zero-order chi connectivity index (χ0) is 45.4. The van der Waals surface area contributed by atoms with Crippen molar-refractivity contribution in [2.24, 2.45) is 73.9 Å². The van der Waals surface area contributed by atoms with Crippen LogP contribution in [0.3, 0.4) is 0 Å². The van der Waals surface area contributed by atoms with Gasteiger partial charge in [-0.05, 0) is 180 Å². The Kier molecular flexibility index (Phi) is 10.8. The predicted octanol–water partition coefficient (Wildman–Crippen LogP) is 12.1. The van der Waals surface area contributed by atoms with Gasteiger partial charge in [-0.3, -0.25) is 9.59 Å². The number of carboxylic acid groups (broad SMARTS) is 1. The summed E-state index contributed by atoms with van der Waals surface area (Å²) in [6.07, 6.45) is 17.0. The maximum Gasteiger partial charge on any atom is 0.309 e. The molecule has 8 heteroatoms. The molecule has 2 aliphatic heterocycles. The van der Waals surface area contributed by atoms with Crippen molar-refractivity contribution in [3.8, 4) is 0 Å². The van der Waals surface area contributed by atoms with E-state index in [1.54, 1.807) is 0 Å². The van der Waals surface area contributed by atoms with Gasteiger partial charge in [0.15, 0.2) is 0 Å². The highest BCUT2D eigenvalue weighted by atomic mass is 16.5. The molecule has 0 bridgehead atoms. The maximum absolute atomic E-state index is 13.8. The molecule has 0 amide bonds. The van der Waals surface area contributed by atoms with Crippen LogP contribution in [0, 0.1) is 73.9 Å². The Morgan fingerprint density at radius 1 is 0.781 bits per heavy atom. The number of benzene rings is 1. The predicted molar refractivity (Wildman–Crippen MR) is 255 cm³/mol. The molecular weight excluding hydrogens is 793 g/mol. The lowest BCUT2D eigenvalue weighted by molar-refractivity contribution is -0.250. The van der Waals surface area contributed by atoms with Crippen LogP contribution in [0.15, 0.2) is 48.7 Å². The number of allylic oxidation sites excluding steroid dienone is 2. The Balaban J connectivity index is 0.914. The van der Waals surface area contributed by atoms with Crippen molar-refractivity contribution in [3.05, 3.63) is 54.5 Å². The van der Waals surface area contributed by atoms with Crippen molar-refractivity contribution < 1.29 is 19.4 Å². The number of fused-ring (bicyclic) bond motifs is 8. The highest BCUT2D eigenvalue weighted by Crippen LogP contribution is 2.78. The van der Waals surface area contributed by atoms with Crippen molar-refractivity contribution in [2.45, 2.75) is 170 Å². The molecule has 10 rings (SSSR count). The second-order valence-corrected chi connectivity index (χ2v) is 25.1. The first kappa shape index (κ1) is 44.7. The number of carbonyl (C=O) groups excluding carboxylic acids is 1. The van der Waals surface area contributed by atoms with Crippen LogP contribution in [0.25, 0.3) is 11.0 Å². The number of likely N-dealkylation sites (tertiary alicyclic amines) is 2. The van der Waals surface area contributed by atoms with Gasteiger partial charge in [-0.1, -0.05) is 79.3 Å². The molecule has 2 aromatic rings. The Morgan fingerprint density at radius 2 is 1.53 bits per heavy atom. The largest absolute Gasteiger partial charge is 0.481 e. The van der Waals surface area contributed by atoms with Gasteiger partial charge in [-0.2, -0.15) is 0 Å². The molecule has 8 aliphatic rings. The SMILES string of the molecule is C=C(C)[C@@H]1CC[C@]2(C(=C)N3CCC[C@H]3c3nc4ccccc4n3CCN3CCCC3)CC[C@]3(C)[C@H](CC[C@@H]4[C@@]5(C)CC[C@H](OC(=O)[C@H]6C[C@@H](C(=O)O)C6(C)C)C(C)(C)[C@@H]5CC[C@]43C)[C@@H]12. The van der Waals surface area contributed by atoms with Gasteiger partial charge in [0.2, 0.25) is 0 Å². The van der Waals surface area contributed by atoms with Crippen LogP contribution in [0.1, 0.15) is 164 Å². The van der Waals surface area contributed by atoms with E-state index in [4.69, 9.17) is 22.9 Å². The molecule has 64 heavy (non-hydrogen) atoms. The van der Waals surface area contributed by atoms with Crippen LogP contribution in [0.2, 0.25) is 0 Å².